The van der Waals surface area contributed by atoms with E-state index in [0.717, 1.165) is 33.8 Å². The number of aryl methyl sites for hydroxylation is 1. The number of hydrogen-bond donors (Lipinski definition) is 2. The Kier molecular flexibility index (Phi) is 2.53. The number of halogens is 1. The number of H-pyrrole nitrogens is 1. The summed E-state index contributed by atoms with van der Waals surface area (Å²) in [4.78, 5) is 1.42. The van der Waals surface area contributed by atoms with E-state index in [-0.39, 0.29) is 0 Å². The van der Waals surface area contributed by atoms with Crippen molar-refractivity contribution < 1.29 is 0 Å². The Bertz CT molecular complexity index is 746. The third-order valence-electron chi connectivity index (χ3n) is 3.63. The van der Waals surface area contributed by atoms with E-state index in [1.807, 2.05) is 6.20 Å². The van der Waals surface area contributed by atoms with Crippen molar-refractivity contribution in [2.24, 2.45) is 0 Å². The van der Waals surface area contributed by atoms with Crippen LogP contribution in [0.5, 0.6) is 0 Å². The first-order valence-electron chi connectivity index (χ1n) is 6.27. The Balaban J connectivity index is 1.64. The van der Waals surface area contributed by atoms with Gasteiger partial charge in [0.05, 0.1) is 22.1 Å². The highest BCUT2D eigenvalue weighted by molar-refractivity contribution is 7.16. The van der Waals surface area contributed by atoms with Crippen LogP contribution in [0.15, 0.2) is 30.5 Å². The Morgan fingerprint density at radius 2 is 2.32 bits per heavy atom. The standard InChI is InChI=1S/C14H12ClN3S/c15-14-6-10-11(3-4-13(10)19-14)17-9-2-1-8-7-16-18-12(8)5-9/h1-2,5-7,11,17H,3-4H2,(H,16,18). The van der Waals surface area contributed by atoms with E-state index in [1.54, 1.807) is 11.3 Å². The Labute approximate surface area is 119 Å². The monoisotopic (exact) mass is 289 g/mol. The molecule has 1 aliphatic carbocycles. The van der Waals surface area contributed by atoms with Crippen molar-refractivity contribution in [3.63, 3.8) is 0 Å². The zero-order chi connectivity index (χ0) is 12.8. The number of hydrogen-bond acceptors (Lipinski definition) is 3. The number of rotatable bonds is 2. The van der Waals surface area contributed by atoms with Crippen molar-refractivity contribution in [1.82, 2.24) is 10.2 Å². The van der Waals surface area contributed by atoms with Gasteiger partial charge in [-0.2, -0.15) is 5.10 Å². The van der Waals surface area contributed by atoms with Crippen molar-refractivity contribution in [2.45, 2.75) is 18.9 Å². The van der Waals surface area contributed by atoms with Crippen molar-refractivity contribution in [1.29, 1.82) is 0 Å². The van der Waals surface area contributed by atoms with Gasteiger partial charge in [-0.3, -0.25) is 5.10 Å². The van der Waals surface area contributed by atoms with Gasteiger partial charge < -0.3 is 5.32 Å². The van der Waals surface area contributed by atoms with Crippen LogP contribution in [0.1, 0.15) is 22.9 Å². The molecule has 0 saturated heterocycles. The zero-order valence-electron chi connectivity index (χ0n) is 10.1. The summed E-state index contributed by atoms with van der Waals surface area (Å²) < 4.78 is 0.889. The summed E-state index contributed by atoms with van der Waals surface area (Å²) in [5.74, 6) is 0. The lowest BCUT2D eigenvalue weighted by molar-refractivity contribution is 0.762. The van der Waals surface area contributed by atoms with Crippen molar-refractivity contribution in [3.8, 4) is 0 Å². The van der Waals surface area contributed by atoms with Gasteiger partial charge in [0.25, 0.3) is 0 Å². The van der Waals surface area contributed by atoms with Gasteiger partial charge in [0.15, 0.2) is 0 Å². The third-order valence-corrected chi connectivity index (χ3v) is 4.97. The summed E-state index contributed by atoms with van der Waals surface area (Å²) >= 11 is 7.79. The van der Waals surface area contributed by atoms with Crippen LogP contribution in [-0.4, -0.2) is 10.2 Å². The molecule has 3 nitrogen and oxygen atoms in total. The second kappa shape index (κ2) is 4.25. The number of nitrogens with zero attached hydrogens (tertiary/aromatic N) is 1. The molecule has 0 saturated carbocycles. The molecule has 5 heteroatoms. The molecule has 0 amide bonds. The summed E-state index contributed by atoms with van der Waals surface area (Å²) in [5, 5.41) is 11.8. The molecule has 0 fully saturated rings. The summed E-state index contributed by atoms with van der Waals surface area (Å²) in [6.45, 7) is 0. The summed E-state index contributed by atoms with van der Waals surface area (Å²) in [5.41, 5.74) is 3.54. The van der Waals surface area contributed by atoms with Gasteiger partial charge in [-0.05, 0) is 42.7 Å². The molecule has 2 N–H and O–H groups in total. The molecule has 3 aromatic rings. The largest absolute Gasteiger partial charge is 0.378 e. The summed E-state index contributed by atoms with van der Waals surface area (Å²) in [7, 11) is 0. The van der Waals surface area contributed by atoms with Gasteiger partial charge in [0, 0.05) is 16.0 Å². The summed E-state index contributed by atoms with van der Waals surface area (Å²) in [6.07, 6.45) is 4.10. The average molecular weight is 290 g/mol. The van der Waals surface area contributed by atoms with Gasteiger partial charge in [-0.25, -0.2) is 0 Å². The van der Waals surface area contributed by atoms with E-state index in [9.17, 15) is 0 Å². The lowest BCUT2D eigenvalue weighted by Gasteiger charge is -2.14. The first kappa shape index (κ1) is 11.3. The first-order chi connectivity index (χ1) is 9.29. The predicted molar refractivity (Wildman–Crippen MR) is 80.1 cm³/mol. The Morgan fingerprint density at radius 3 is 3.26 bits per heavy atom. The maximum Gasteiger partial charge on any atom is 0.0934 e. The number of benzene rings is 1. The fourth-order valence-corrected chi connectivity index (χ4v) is 4.07. The second-order valence-electron chi connectivity index (χ2n) is 4.84. The van der Waals surface area contributed by atoms with E-state index >= 15 is 0 Å². The van der Waals surface area contributed by atoms with Gasteiger partial charge in [-0.1, -0.05) is 11.6 Å². The van der Waals surface area contributed by atoms with Crippen LogP contribution in [0.3, 0.4) is 0 Å². The molecule has 0 aliphatic heterocycles. The number of aromatic nitrogens is 2. The molecule has 4 rings (SSSR count). The quantitative estimate of drug-likeness (QED) is 0.735. The maximum atomic E-state index is 6.09. The highest BCUT2D eigenvalue weighted by atomic mass is 35.5. The normalized spacial score (nSPS) is 17.8. The van der Waals surface area contributed by atoms with Gasteiger partial charge in [-0.15, -0.1) is 11.3 Å². The molecule has 96 valence electrons. The van der Waals surface area contributed by atoms with E-state index in [2.05, 4.69) is 39.8 Å². The van der Waals surface area contributed by atoms with E-state index in [0.29, 0.717) is 6.04 Å². The molecule has 0 spiro atoms. The van der Waals surface area contributed by atoms with Crippen LogP contribution in [-0.2, 0) is 6.42 Å². The van der Waals surface area contributed by atoms with Crippen LogP contribution in [0, 0.1) is 0 Å². The van der Waals surface area contributed by atoms with Crippen molar-refractivity contribution in [2.75, 3.05) is 5.32 Å². The molecular weight excluding hydrogens is 278 g/mol. The third kappa shape index (κ3) is 1.91. The van der Waals surface area contributed by atoms with Crippen LogP contribution < -0.4 is 5.32 Å². The lowest BCUT2D eigenvalue weighted by atomic mass is 10.1. The predicted octanol–water partition coefficient (Wildman–Crippen LogP) is 4.38. The topological polar surface area (TPSA) is 40.7 Å². The zero-order valence-corrected chi connectivity index (χ0v) is 11.7. The fourth-order valence-electron chi connectivity index (χ4n) is 2.71. The van der Waals surface area contributed by atoms with Crippen LogP contribution in [0.2, 0.25) is 4.34 Å². The Hall–Kier alpha value is -1.52. The molecular formula is C14H12ClN3S. The number of fused-ring (bicyclic) bond motifs is 2. The minimum atomic E-state index is 0.374. The van der Waals surface area contributed by atoms with Crippen molar-refractivity contribution >= 4 is 39.5 Å². The molecule has 0 bridgehead atoms. The lowest BCUT2D eigenvalue weighted by Crippen LogP contribution is -2.06. The molecule has 1 atom stereocenters. The number of anilines is 1. The van der Waals surface area contributed by atoms with Crippen LogP contribution in [0.4, 0.5) is 5.69 Å². The number of nitrogens with one attached hydrogen (secondary N) is 2. The fraction of sp³-hybridized carbons (Fsp3) is 0.214. The molecule has 1 unspecified atom stereocenters. The summed E-state index contributed by atoms with van der Waals surface area (Å²) in [6, 6.07) is 8.76. The molecule has 2 aromatic heterocycles. The number of thiophene rings is 1. The van der Waals surface area contributed by atoms with Crippen LogP contribution >= 0.6 is 22.9 Å². The molecule has 19 heavy (non-hydrogen) atoms. The molecule has 2 heterocycles. The van der Waals surface area contributed by atoms with Crippen LogP contribution in [0.25, 0.3) is 10.9 Å². The maximum absolute atomic E-state index is 6.09. The smallest absolute Gasteiger partial charge is 0.0934 e. The first-order valence-corrected chi connectivity index (χ1v) is 7.47. The minimum absolute atomic E-state index is 0.374. The minimum Gasteiger partial charge on any atom is -0.378 e. The highest BCUT2D eigenvalue weighted by Crippen LogP contribution is 2.41. The highest BCUT2D eigenvalue weighted by Gasteiger charge is 2.24. The molecule has 1 aliphatic rings. The SMILES string of the molecule is Clc1cc2c(s1)CCC2Nc1ccc2cn[nH]c2c1. The molecule has 0 radical (unpaired) electrons. The van der Waals surface area contributed by atoms with E-state index < -0.39 is 0 Å². The van der Waals surface area contributed by atoms with Crippen molar-refractivity contribution in [3.05, 3.63) is 45.2 Å². The second-order valence-corrected chi connectivity index (χ2v) is 6.60. The number of aromatic amines is 1. The average Bonchev–Trinajstić information content (AvgIpc) is 3.06. The van der Waals surface area contributed by atoms with Gasteiger partial charge in [0.2, 0.25) is 0 Å². The Morgan fingerprint density at radius 1 is 1.37 bits per heavy atom. The molecule has 1 aromatic carbocycles. The van der Waals surface area contributed by atoms with Gasteiger partial charge >= 0.3 is 0 Å². The van der Waals surface area contributed by atoms with E-state index in [1.165, 1.54) is 10.4 Å². The van der Waals surface area contributed by atoms with E-state index in [4.69, 9.17) is 11.6 Å². The van der Waals surface area contributed by atoms with Gasteiger partial charge in [0.1, 0.15) is 0 Å².